The van der Waals surface area contributed by atoms with Gasteiger partial charge in [-0.1, -0.05) is 62.9 Å². The Hall–Kier alpha value is -2.00. The van der Waals surface area contributed by atoms with Crippen LogP contribution in [-0.2, 0) is 39.1 Å². The Bertz CT molecular complexity index is 1170. The summed E-state index contributed by atoms with van der Waals surface area (Å²) < 4.78 is 0. The minimum Gasteiger partial charge on any atom is -0.779 e. The van der Waals surface area contributed by atoms with Gasteiger partial charge in [-0.15, -0.1) is 35.9 Å². The van der Waals surface area contributed by atoms with Crippen molar-refractivity contribution in [3.05, 3.63) is 90.5 Å². The maximum absolute atomic E-state index is 5.44. The molecule has 2 aromatic carbocycles. The van der Waals surface area contributed by atoms with Gasteiger partial charge in [0.15, 0.2) is 0 Å². The molecule has 158 valence electrons. The molecule has 0 saturated heterocycles. The zero-order chi connectivity index (χ0) is 21.1. The molecule has 0 aliphatic carbocycles. The topological polar surface area (TPSA) is 25.8 Å². The molecule has 4 rings (SSSR count). The molecule has 31 heavy (non-hydrogen) atoms. The standard InChI is InChI=1S/C26H23N2S2.Pt/c1-26(2,3)19-16-21(18-10-5-4-6-11-18)27-22(17-19)20-12-9-15-25(28-20)30-24-14-8-7-13-23(24)29;/h4-10,12-17,29H,1-3H3;/q-1;+2/p-1. The Labute approximate surface area is 208 Å². The molecule has 0 spiro atoms. The van der Waals surface area contributed by atoms with Gasteiger partial charge in [0.25, 0.3) is 0 Å². The smallest absolute Gasteiger partial charge is 0.779 e. The van der Waals surface area contributed by atoms with Gasteiger partial charge in [-0.3, -0.25) is 4.98 Å². The van der Waals surface area contributed by atoms with Crippen LogP contribution in [0.5, 0.6) is 0 Å². The molecule has 0 fully saturated rings. The number of rotatable bonds is 4. The van der Waals surface area contributed by atoms with Crippen molar-refractivity contribution in [3.63, 3.8) is 0 Å². The van der Waals surface area contributed by atoms with E-state index in [1.54, 1.807) is 11.8 Å². The van der Waals surface area contributed by atoms with E-state index >= 15 is 0 Å². The summed E-state index contributed by atoms with van der Waals surface area (Å²) >= 11 is 7.03. The summed E-state index contributed by atoms with van der Waals surface area (Å²) in [5, 5.41) is 0.903. The van der Waals surface area contributed by atoms with Crippen molar-refractivity contribution >= 4 is 24.4 Å². The summed E-state index contributed by atoms with van der Waals surface area (Å²) in [7, 11) is 0. The van der Waals surface area contributed by atoms with E-state index in [1.165, 1.54) is 5.56 Å². The third-order valence-electron chi connectivity index (χ3n) is 4.73. The van der Waals surface area contributed by atoms with Crippen LogP contribution in [0.25, 0.3) is 22.6 Å². The average Bonchev–Trinajstić information content (AvgIpc) is 2.75. The molecule has 0 N–H and O–H groups in total. The Balaban J connectivity index is 0.00000272. The van der Waals surface area contributed by atoms with Gasteiger partial charge in [0.1, 0.15) is 5.03 Å². The van der Waals surface area contributed by atoms with Gasteiger partial charge in [0.05, 0.1) is 11.4 Å². The third-order valence-corrected chi connectivity index (χ3v) is 6.22. The van der Waals surface area contributed by atoms with Crippen LogP contribution >= 0.6 is 11.8 Å². The van der Waals surface area contributed by atoms with Crippen molar-refractivity contribution in [2.45, 2.75) is 41.0 Å². The first-order valence-electron chi connectivity index (χ1n) is 9.81. The third kappa shape index (κ3) is 5.83. The number of aromatic nitrogens is 2. The maximum atomic E-state index is 5.44. The predicted molar refractivity (Wildman–Crippen MR) is 127 cm³/mol. The largest absolute Gasteiger partial charge is 2.00 e. The van der Waals surface area contributed by atoms with Gasteiger partial charge in [0, 0.05) is 0 Å². The van der Waals surface area contributed by atoms with Crippen molar-refractivity contribution in [2.75, 3.05) is 0 Å². The molecule has 0 bridgehead atoms. The molecule has 0 unspecified atom stereocenters. The van der Waals surface area contributed by atoms with Gasteiger partial charge in [-0.05, 0) is 45.8 Å². The van der Waals surface area contributed by atoms with Crippen LogP contribution in [0.1, 0.15) is 26.3 Å². The fourth-order valence-corrected chi connectivity index (χ4v) is 4.15. The summed E-state index contributed by atoms with van der Waals surface area (Å²) in [5.74, 6) is 0. The van der Waals surface area contributed by atoms with Gasteiger partial charge in [-0.2, -0.15) is 4.90 Å². The van der Waals surface area contributed by atoms with Gasteiger partial charge >= 0.3 is 21.1 Å². The van der Waals surface area contributed by atoms with Crippen LogP contribution in [0.15, 0.2) is 93.7 Å². The number of benzene rings is 2. The Morgan fingerprint density at radius 1 is 0.806 bits per heavy atom. The monoisotopic (exact) mass is 621 g/mol. The molecule has 0 aliphatic rings. The average molecular weight is 622 g/mol. The van der Waals surface area contributed by atoms with Crippen molar-refractivity contribution in [1.29, 1.82) is 0 Å². The van der Waals surface area contributed by atoms with Crippen molar-refractivity contribution in [1.82, 2.24) is 9.97 Å². The molecule has 2 aromatic heterocycles. The van der Waals surface area contributed by atoms with Gasteiger partial charge in [0.2, 0.25) is 0 Å². The normalized spacial score (nSPS) is 11.1. The second-order valence-electron chi connectivity index (χ2n) is 8.06. The molecule has 0 saturated carbocycles. The number of nitrogens with zero attached hydrogens (tertiary/aromatic N) is 2. The molecule has 2 heterocycles. The zero-order valence-corrected chi connectivity index (χ0v) is 21.4. The first kappa shape index (κ1) is 23.7. The molecular weight excluding hydrogens is 600 g/mol. The van der Waals surface area contributed by atoms with E-state index in [2.05, 4.69) is 39.0 Å². The van der Waals surface area contributed by atoms with Crippen LogP contribution < -0.4 is 0 Å². The van der Waals surface area contributed by atoms with E-state index in [1.807, 2.05) is 66.7 Å². The van der Waals surface area contributed by atoms with Crippen LogP contribution in [0, 0.1) is 6.07 Å². The fourth-order valence-electron chi connectivity index (χ4n) is 3.05. The van der Waals surface area contributed by atoms with E-state index in [-0.39, 0.29) is 26.5 Å². The summed E-state index contributed by atoms with van der Waals surface area (Å²) in [5.41, 5.74) is 4.82. The molecule has 0 amide bonds. The quantitative estimate of drug-likeness (QED) is 0.182. The van der Waals surface area contributed by atoms with E-state index < -0.39 is 0 Å². The SMILES string of the molecule is CC(C)(C)c1cc(-c2[c-]cccc2)nc(-c2cccc(Sc3ccccc3[S-])n2)c1.[Pt+2]. The van der Waals surface area contributed by atoms with Gasteiger partial charge in [-0.25, -0.2) is 4.98 Å². The van der Waals surface area contributed by atoms with Crippen LogP contribution in [0.4, 0.5) is 0 Å². The molecule has 4 aromatic rings. The summed E-state index contributed by atoms with van der Waals surface area (Å²) in [6.07, 6.45) is 0. The molecule has 0 aliphatic heterocycles. The van der Waals surface area contributed by atoms with Crippen molar-refractivity contribution < 1.29 is 21.1 Å². The number of hydrogen-bond acceptors (Lipinski definition) is 4. The van der Waals surface area contributed by atoms with E-state index in [0.29, 0.717) is 0 Å². The molecular formula is C26H22N2PtS2. The summed E-state index contributed by atoms with van der Waals surface area (Å²) in [6.45, 7) is 6.64. The fraction of sp³-hybridized carbons (Fsp3) is 0.154. The minimum atomic E-state index is -0.00511. The van der Waals surface area contributed by atoms with Gasteiger partial charge < -0.3 is 12.6 Å². The Morgan fingerprint density at radius 2 is 1.55 bits per heavy atom. The maximum Gasteiger partial charge on any atom is 2.00 e. The first-order valence-corrected chi connectivity index (χ1v) is 11.0. The van der Waals surface area contributed by atoms with E-state index in [4.69, 9.17) is 22.6 Å². The van der Waals surface area contributed by atoms with Crippen molar-refractivity contribution in [3.8, 4) is 22.6 Å². The minimum absolute atomic E-state index is 0. The van der Waals surface area contributed by atoms with E-state index in [0.717, 1.165) is 37.5 Å². The number of hydrogen-bond donors (Lipinski definition) is 0. The molecule has 0 radical (unpaired) electrons. The molecule has 2 nitrogen and oxygen atoms in total. The second-order valence-corrected chi connectivity index (χ2v) is 9.56. The first-order chi connectivity index (χ1) is 14.4. The zero-order valence-electron chi connectivity index (χ0n) is 17.5. The molecule has 0 atom stereocenters. The number of pyridine rings is 2. The molecule has 5 heteroatoms. The van der Waals surface area contributed by atoms with E-state index in [9.17, 15) is 0 Å². The van der Waals surface area contributed by atoms with Crippen LogP contribution in [0.3, 0.4) is 0 Å². The van der Waals surface area contributed by atoms with Crippen molar-refractivity contribution in [2.24, 2.45) is 0 Å². The van der Waals surface area contributed by atoms with Crippen LogP contribution in [-0.4, -0.2) is 9.97 Å². The Morgan fingerprint density at radius 3 is 2.26 bits per heavy atom. The summed E-state index contributed by atoms with van der Waals surface area (Å²) in [4.78, 5) is 11.7. The Kier molecular flexibility index (Phi) is 7.69. The van der Waals surface area contributed by atoms with Crippen LogP contribution in [0.2, 0.25) is 0 Å². The second kappa shape index (κ2) is 10.1. The summed E-state index contributed by atoms with van der Waals surface area (Å²) in [6, 6.07) is 29.5. The predicted octanol–water partition coefficient (Wildman–Crippen LogP) is 6.96.